The minimum Gasteiger partial charge on any atom is -0.496 e. The highest BCUT2D eigenvalue weighted by Gasteiger charge is 2.53. The van der Waals surface area contributed by atoms with Crippen LogP contribution in [0.25, 0.3) is 0 Å². The maximum atomic E-state index is 12.4. The third kappa shape index (κ3) is 2.60. The Bertz CT molecular complexity index is 532. The molecule has 2 rings (SSSR count). The fourth-order valence-electron chi connectivity index (χ4n) is 2.77. The van der Waals surface area contributed by atoms with Crippen LogP contribution in [-0.4, -0.2) is 32.3 Å². The zero-order chi connectivity index (χ0) is 15.5. The van der Waals surface area contributed by atoms with Crippen LogP contribution < -0.4 is 4.74 Å². The summed E-state index contributed by atoms with van der Waals surface area (Å²) in [6.07, 6.45) is 0.543. The van der Waals surface area contributed by atoms with E-state index in [-0.39, 0.29) is 26.1 Å². The Balaban J connectivity index is 2.41. The molecule has 1 aromatic rings. The normalized spacial score (nSPS) is 15.2. The van der Waals surface area contributed by atoms with Crippen LogP contribution in [0.4, 0.5) is 0 Å². The number of hydrogen-bond acceptors (Lipinski definition) is 5. The first-order chi connectivity index (χ1) is 10.1. The molecule has 0 aliphatic heterocycles. The van der Waals surface area contributed by atoms with Gasteiger partial charge in [0.25, 0.3) is 0 Å². The number of methoxy groups -OCH3 is 1. The van der Waals surface area contributed by atoms with Gasteiger partial charge in [-0.05, 0) is 37.5 Å². The fourth-order valence-corrected chi connectivity index (χ4v) is 2.77. The average Bonchev–Trinajstić information content (AvgIpc) is 2.88. The highest BCUT2D eigenvalue weighted by atomic mass is 16.6. The van der Waals surface area contributed by atoms with Gasteiger partial charge in [0.2, 0.25) is 0 Å². The second-order valence-corrected chi connectivity index (χ2v) is 4.97. The van der Waals surface area contributed by atoms with Gasteiger partial charge in [-0.3, -0.25) is 9.59 Å². The molecular weight excluding hydrogens is 272 g/mol. The second kappa shape index (κ2) is 6.16. The van der Waals surface area contributed by atoms with Crippen molar-refractivity contribution in [3.8, 4) is 5.75 Å². The van der Waals surface area contributed by atoms with Crippen molar-refractivity contribution in [3.05, 3.63) is 29.3 Å². The molecule has 0 aromatic heterocycles. The predicted octanol–water partition coefficient (Wildman–Crippen LogP) is 1.91. The zero-order valence-electron chi connectivity index (χ0n) is 12.6. The standard InChI is InChI=1S/C16H20O5/c1-4-20-14(17)16(15(18)21-5-2)9-11-7-6-8-13(19-3)12(11)10-16/h6-8H,4-5,9-10H2,1-3H3. The smallest absolute Gasteiger partial charge is 0.324 e. The SMILES string of the molecule is CCOC(=O)C1(C(=O)OCC)Cc2cccc(OC)c2C1. The van der Waals surface area contributed by atoms with Gasteiger partial charge in [-0.2, -0.15) is 0 Å². The first-order valence-electron chi connectivity index (χ1n) is 7.08. The van der Waals surface area contributed by atoms with Gasteiger partial charge < -0.3 is 14.2 Å². The molecule has 0 bridgehead atoms. The number of carbonyl (C=O) groups is 2. The number of fused-ring (bicyclic) bond motifs is 1. The molecule has 0 saturated carbocycles. The van der Waals surface area contributed by atoms with E-state index in [1.807, 2.05) is 18.2 Å². The third-order valence-corrected chi connectivity index (χ3v) is 3.75. The molecule has 0 N–H and O–H groups in total. The lowest BCUT2D eigenvalue weighted by atomic mass is 9.84. The number of hydrogen-bond donors (Lipinski definition) is 0. The second-order valence-electron chi connectivity index (χ2n) is 4.97. The maximum absolute atomic E-state index is 12.4. The van der Waals surface area contributed by atoms with Gasteiger partial charge in [0, 0.05) is 6.42 Å². The Hall–Kier alpha value is -2.04. The summed E-state index contributed by atoms with van der Waals surface area (Å²) in [5, 5.41) is 0. The molecule has 1 aromatic carbocycles. The minimum absolute atomic E-state index is 0.230. The molecule has 5 heteroatoms. The first-order valence-corrected chi connectivity index (χ1v) is 7.08. The van der Waals surface area contributed by atoms with Gasteiger partial charge >= 0.3 is 11.9 Å². The molecule has 0 heterocycles. The van der Waals surface area contributed by atoms with Crippen LogP contribution in [0, 0.1) is 5.41 Å². The summed E-state index contributed by atoms with van der Waals surface area (Å²) in [4.78, 5) is 24.8. The molecule has 0 unspecified atom stereocenters. The molecule has 1 aliphatic rings. The van der Waals surface area contributed by atoms with Crippen molar-refractivity contribution in [1.82, 2.24) is 0 Å². The third-order valence-electron chi connectivity index (χ3n) is 3.75. The molecule has 21 heavy (non-hydrogen) atoms. The molecule has 0 spiro atoms. The number of esters is 2. The van der Waals surface area contributed by atoms with E-state index in [1.54, 1.807) is 21.0 Å². The Kier molecular flexibility index (Phi) is 4.50. The van der Waals surface area contributed by atoms with Crippen LogP contribution >= 0.6 is 0 Å². The van der Waals surface area contributed by atoms with Crippen LogP contribution in [-0.2, 0) is 31.9 Å². The highest BCUT2D eigenvalue weighted by molar-refractivity contribution is 6.01. The Morgan fingerprint density at radius 1 is 1.10 bits per heavy atom. The van der Waals surface area contributed by atoms with E-state index in [4.69, 9.17) is 14.2 Å². The van der Waals surface area contributed by atoms with E-state index in [1.165, 1.54) is 0 Å². The summed E-state index contributed by atoms with van der Waals surface area (Å²) in [6, 6.07) is 5.58. The van der Waals surface area contributed by atoms with Crippen molar-refractivity contribution in [2.75, 3.05) is 20.3 Å². The zero-order valence-corrected chi connectivity index (χ0v) is 12.6. The summed E-state index contributed by atoms with van der Waals surface area (Å²) >= 11 is 0. The summed E-state index contributed by atoms with van der Waals surface area (Å²) in [5.41, 5.74) is 0.514. The van der Waals surface area contributed by atoms with Crippen molar-refractivity contribution in [1.29, 1.82) is 0 Å². The number of ether oxygens (including phenoxy) is 3. The molecule has 0 radical (unpaired) electrons. The lowest BCUT2D eigenvalue weighted by molar-refractivity contribution is -0.171. The molecule has 0 saturated heterocycles. The van der Waals surface area contributed by atoms with Gasteiger partial charge in [0.1, 0.15) is 5.75 Å². The highest BCUT2D eigenvalue weighted by Crippen LogP contribution is 2.43. The quantitative estimate of drug-likeness (QED) is 0.613. The number of carbonyl (C=O) groups excluding carboxylic acids is 2. The minimum atomic E-state index is -1.29. The van der Waals surface area contributed by atoms with Crippen LogP contribution in [0.1, 0.15) is 25.0 Å². The Labute approximate surface area is 124 Å². The Morgan fingerprint density at radius 3 is 2.24 bits per heavy atom. The van der Waals surface area contributed by atoms with Crippen molar-refractivity contribution < 1.29 is 23.8 Å². The first kappa shape index (κ1) is 15.4. The molecule has 5 nitrogen and oxygen atoms in total. The lowest BCUT2D eigenvalue weighted by Gasteiger charge is -2.24. The number of rotatable bonds is 5. The van der Waals surface area contributed by atoms with E-state index < -0.39 is 17.4 Å². The maximum Gasteiger partial charge on any atom is 0.324 e. The summed E-state index contributed by atoms with van der Waals surface area (Å²) in [5.74, 6) is -0.369. The Morgan fingerprint density at radius 2 is 1.71 bits per heavy atom. The predicted molar refractivity (Wildman–Crippen MR) is 76.1 cm³/mol. The lowest BCUT2D eigenvalue weighted by Crippen LogP contribution is -2.43. The fraction of sp³-hybridized carbons (Fsp3) is 0.500. The summed E-state index contributed by atoms with van der Waals surface area (Å²) in [7, 11) is 1.57. The van der Waals surface area contributed by atoms with E-state index in [9.17, 15) is 9.59 Å². The molecule has 1 aliphatic carbocycles. The number of benzene rings is 1. The van der Waals surface area contributed by atoms with E-state index in [0.717, 1.165) is 11.1 Å². The van der Waals surface area contributed by atoms with E-state index in [0.29, 0.717) is 5.75 Å². The van der Waals surface area contributed by atoms with Crippen LogP contribution in [0.3, 0.4) is 0 Å². The van der Waals surface area contributed by atoms with Gasteiger partial charge in [0.15, 0.2) is 5.41 Å². The molecule has 0 fully saturated rings. The van der Waals surface area contributed by atoms with E-state index in [2.05, 4.69) is 0 Å². The van der Waals surface area contributed by atoms with Crippen LogP contribution in [0.5, 0.6) is 5.75 Å². The topological polar surface area (TPSA) is 61.8 Å². The van der Waals surface area contributed by atoms with Gasteiger partial charge in [-0.1, -0.05) is 12.1 Å². The summed E-state index contributed by atoms with van der Waals surface area (Å²) in [6.45, 7) is 3.90. The monoisotopic (exact) mass is 292 g/mol. The molecule has 0 amide bonds. The van der Waals surface area contributed by atoms with Crippen molar-refractivity contribution in [2.24, 2.45) is 5.41 Å². The van der Waals surface area contributed by atoms with Crippen LogP contribution in [0.15, 0.2) is 18.2 Å². The largest absolute Gasteiger partial charge is 0.496 e. The van der Waals surface area contributed by atoms with Crippen molar-refractivity contribution in [2.45, 2.75) is 26.7 Å². The molecular formula is C16H20O5. The molecule has 114 valence electrons. The average molecular weight is 292 g/mol. The van der Waals surface area contributed by atoms with Gasteiger partial charge in [-0.25, -0.2) is 0 Å². The van der Waals surface area contributed by atoms with Crippen LogP contribution in [0.2, 0.25) is 0 Å². The van der Waals surface area contributed by atoms with Gasteiger partial charge in [0.05, 0.1) is 20.3 Å². The van der Waals surface area contributed by atoms with Crippen molar-refractivity contribution in [3.63, 3.8) is 0 Å². The van der Waals surface area contributed by atoms with Crippen molar-refractivity contribution >= 4 is 11.9 Å². The molecule has 0 atom stereocenters. The summed E-state index contributed by atoms with van der Waals surface area (Å²) < 4.78 is 15.6. The van der Waals surface area contributed by atoms with E-state index >= 15 is 0 Å². The van der Waals surface area contributed by atoms with Gasteiger partial charge in [-0.15, -0.1) is 0 Å².